The molecule has 2 aromatic rings. The quantitative estimate of drug-likeness (QED) is 0.561. The Kier molecular flexibility index (Phi) is 5.72. The number of hydrogen-bond donors (Lipinski definition) is 0. The van der Waals surface area contributed by atoms with Gasteiger partial charge in [0, 0.05) is 9.79 Å². The maximum Gasteiger partial charge on any atom is 1.00 e. The molecule has 0 amide bonds. The second kappa shape index (κ2) is 6.56. The predicted molar refractivity (Wildman–Crippen MR) is 62.6 cm³/mol. The number of rotatable bonds is 2. The van der Waals surface area contributed by atoms with Crippen LogP contribution >= 0.6 is 11.8 Å². The van der Waals surface area contributed by atoms with Crippen molar-refractivity contribution in [1.29, 1.82) is 0 Å². The van der Waals surface area contributed by atoms with Crippen molar-refractivity contribution in [2.45, 2.75) is 14.7 Å². The van der Waals surface area contributed by atoms with Gasteiger partial charge in [-0.15, -0.1) is 0 Å². The summed E-state index contributed by atoms with van der Waals surface area (Å²) in [5.74, 6) is 0. The van der Waals surface area contributed by atoms with Crippen LogP contribution < -0.4 is 29.6 Å². The second-order valence-corrected chi connectivity index (χ2v) is 4.50. The van der Waals surface area contributed by atoms with E-state index in [0.717, 1.165) is 4.90 Å². The van der Waals surface area contributed by atoms with Gasteiger partial charge in [-0.25, -0.2) is 0 Å². The Morgan fingerprint density at radius 3 is 1.87 bits per heavy atom. The van der Waals surface area contributed by atoms with Crippen molar-refractivity contribution in [2.75, 3.05) is 0 Å². The molecule has 0 fully saturated rings. The van der Waals surface area contributed by atoms with Gasteiger partial charge in [-0.3, -0.25) is 0 Å². The summed E-state index contributed by atoms with van der Waals surface area (Å²) in [6.45, 7) is 0. The van der Waals surface area contributed by atoms with Crippen molar-refractivity contribution in [1.82, 2.24) is 0 Å². The van der Waals surface area contributed by atoms with Crippen LogP contribution in [0.25, 0.3) is 0 Å². The van der Waals surface area contributed by atoms with Gasteiger partial charge in [0.15, 0.2) is 0 Å². The number of benzene rings is 2. The summed E-state index contributed by atoms with van der Waals surface area (Å²) < 4.78 is 0. The first-order chi connectivity index (χ1) is 6.84. The molecule has 0 saturated heterocycles. The van der Waals surface area contributed by atoms with Crippen LogP contribution in [0.15, 0.2) is 69.3 Å². The van der Waals surface area contributed by atoms with Gasteiger partial charge in [0.25, 0.3) is 0 Å². The molecule has 2 aromatic carbocycles. The first kappa shape index (κ1) is 13.1. The molecule has 0 unspecified atom stereocenters. The van der Waals surface area contributed by atoms with Crippen LogP contribution in [-0.2, 0) is 12.6 Å². The van der Waals surface area contributed by atoms with Crippen molar-refractivity contribution in [3.63, 3.8) is 0 Å². The minimum absolute atomic E-state index is 0. The van der Waals surface area contributed by atoms with Gasteiger partial charge in [0.2, 0.25) is 0 Å². The summed E-state index contributed by atoms with van der Waals surface area (Å²) in [6, 6.07) is 18.4. The monoisotopic (exact) mass is 240 g/mol. The minimum atomic E-state index is 0. The Hall–Kier alpha value is 0.01000. The van der Waals surface area contributed by atoms with Crippen molar-refractivity contribution < 1.29 is 29.6 Å². The van der Waals surface area contributed by atoms with E-state index in [1.807, 2.05) is 30.3 Å². The Balaban J connectivity index is 0.00000112. The van der Waals surface area contributed by atoms with Crippen LogP contribution in [0.1, 0.15) is 0 Å². The Morgan fingerprint density at radius 1 is 0.733 bits per heavy atom. The fraction of sp³-hybridized carbons (Fsp3) is 0. The van der Waals surface area contributed by atoms with Crippen LogP contribution in [0.5, 0.6) is 0 Å². The molecule has 0 nitrogen and oxygen atoms in total. The fourth-order valence-corrected chi connectivity index (χ4v) is 2.11. The summed E-state index contributed by atoms with van der Waals surface area (Å²) in [4.78, 5) is 3.37. The molecule has 0 spiro atoms. The largest absolute Gasteiger partial charge is 1.00 e. The molecule has 0 N–H and O–H groups in total. The van der Waals surface area contributed by atoms with Gasteiger partial charge in [-0.1, -0.05) is 42.1 Å². The van der Waals surface area contributed by atoms with E-state index < -0.39 is 0 Å². The van der Waals surface area contributed by atoms with E-state index in [1.54, 1.807) is 11.8 Å². The van der Waals surface area contributed by atoms with Gasteiger partial charge < -0.3 is 12.6 Å². The summed E-state index contributed by atoms with van der Waals surface area (Å²) in [5, 5.41) is 0. The first-order valence-electron chi connectivity index (χ1n) is 4.34. The van der Waals surface area contributed by atoms with E-state index in [2.05, 4.69) is 24.3 Å². The van der Waals surface area contributed by atoms with E-state index in [1.165, 1.54) is 9.79 Å². The molecule has 3 heteroatoms. The predicted octanol–water partition coefficient (Wildman–Crippen LogP) is 0.748. The topological polar surface area (TPSA) is 0 Å². The zero-order chi connectivity index (χ0) is 9.80. The molecule has 70 valence electrons. The first-order valence-corrected chi connectivity index (χ1v) is 5.57. The molecule has 0 bridgehead atoms. The molecular formula is C12H9NaS2. The van der Waals surface area contributed by atoms with Crippen LogP contribution in [0.2, 0.25) is 0 Å². The van der Waals surface area contributed by atoms with Crippen LogP contribution in [0.4, 0.5) is 0 Å². The third-order valence-corrected chi connectivity index (χ3v) is 3.09. The summed E-state index contributed by atoms with van der Waals surface area (Å²) in [6.07, 6.45) is 0. The third kappa shape index (κ3) is 4.17. The zero-order valence-electron chi connectivity index (χ0n) is 8.51. The van der Waals surface area contributed by atoms with E-state index in [-0.39, 0.29) is 29.6 Å². The Labute approximate surface area is 122 Å². The standard InChI is InChI=1S/C12H10S2.Na/c13-10-6-8-12(9-7-10)14-11-4-2-1-3-5-11;/h1-9,13H;/q;+1/p-1. The van der Waals surface area contributed by atoms with Crippen molar-refractivity contribution >= 4 is 24.4 Å². The zero-order valence-corrected chi connectivity index (χ0v) is 12.1. The van der Waals surface area contributed by atoms with E-state index in [9.17, 15) is 0 Å². The molecule has 0 atom stereocenters. The van der Waals surface area contributed by atoms with E-state index in [0.29, 0.717) is 0 Å². The van der Waals surface area contributed by atoms with Crippen LogP contribution in [-0.4, -0.2) is 0 Å². The van der Waals surface area contributed by atoms with Crippen LogP contribution in [0.3, 0.4) is 0 Å². The Bertz CT molecular complexity index is 398. The molecule has 0 aromatic heterocycles. The van der Waals surface area contributed by atoms with Gasteiger partial charge in [-0.2, -0.15) is 4.90 Å². The minimum Gasteiger partial charge on any atom is -0.780 e. The number of hydrogen-bond acceptors (Lipinski definition) is 2. The molecule has 15 heavy (non-hydrogen) atoms. The van der Waals surface area contributed by atoms with Crippen molar-refractivity contribution in [3.05, 3.63) is 54.6 Å². The van der Waals surface area contributed by atoms with Gasteiger partial charge in [-0.05, 0) is 24.3 Å². The Morgan fingerprint density at radius 2 is 1.27 bits per heavy atom. The van der Waals surface area contributed by atoms with E-state index in [4.69, 9.17) is 12.6 Å². The van der Waals surface area contributed by atoms with Gasteiger partial charge in [0.05, 0.1) is 0 Å². The SMILES string of the molecule is [Na+].[S-]c1ccc(Sc2ccccc2)cc1. The van der Waals surface area contributed by atoms with Gasteiger partial charge >= 0.3 is 29.6 Å². The average molecular weight is 240 g/mol. The summed E-state index contributed by atoms with van der Waals surface area (Å²) >= 11 is 6.78. The molecule has 0 heterocycles. The molecule has 0 aliphatic rings. The molecule has 0 saturated carbocycles. The second-order valence-electron chi connectivity index (χ2n) is 2.89. The molecular weight excluding hydrogens is 231 g/mol. The fourth-order valence-electron chi connectivity index (χ4n) is 1.13. The maximum atomic E-state index is 5.03. The normalized spacial score (nSPS) is 9.33. The van der Waals surface area contributed by atoms with Crippen molar-refractivity contribution in [2.24, 2.45) is 0 Å². The molecule has 0 aliphatic carbocycles. The van der Waals surface area contributed by atoms with Gasteiger partial charge in [0.1, 0.15) is 0 Å². The smallest absolute Gasteiger partial charge is 0.780 e. The van der Waals surface area contributed by atoms with Crippen molar-refractivity contribution in [3.8, 4) is 0 Å². The molecule has 0 aliphatic heterocycles. The van der Waals surface area contributed by atoms with E-state index >= 15 is 0 Å². The summed E-state index contributed by atoms with van der Waals surface area (Å²) in [5.41, 5.74) is 0. The third-order valence-electron chi connectivity index (χ3n) is 1.80. The average Bonchev–Trinajstić information content (AvgIpc) is 2.23. The molecule has 0 radical (unpaired) electrons. The molecule has 2 rings (SSSR count). The maximum absolute atomic E-state index is 5.03. The van der Waals surface area contributed by atoms with Crippen LogP contribution in [0, 0.1) is 0 Å². The summed E-state index contributed by atoms with van der Waals surface area (Å²) in [7, 11) is 0.